The molecule has 9 nitrogen and oxygen atoms in total. The summed E-state index contributed by atoms with van der Waals surface area (Å²) in [5.74, 6) is -0.0523. The van der Waals surface area contributed by atoms with Crippen molar-refractivity contribution in [2.24, 2.45) is 5.92 Å². The molecule has 1 saturated carbocycles. The molecule has 2 amide bonds. The van der Waals surface area contributed by atoms with Crippen LogP contribution in [0, 0.1) is 5.92 Å². The molecule has 5 rings (SSSR count). The number of aliphatic hydroxyl groups is 3. The third-order valence-electron chi connectivity index (χ3n) is 8.75. The van der Waals surface area contributed by atoms with Crippen molar-refractivity contribution in [1.29, 1.82) is 0 Å². The molecule has 0 aromatic heterocycles. The largest absolute Gasteiger partial charge is 0.493 e. The van der Waals surface area contributed by atoms with E-state index in [-0.39, 0.29) is 32.2 Å². The van der Waals surface area contributed by atoms with E-state index in [0.29, 0.717) is 50.6 Å². The number of carbonyl (C=O) groups is 2. The number of rotatable bonds is 11. The number of amides is 2. The standard InChI is InChI=1S/C32H38Cl2N2O7/c1-42-26-14-20(17-38)12-21-28-22(32(41)35-10-11-37)15-25(29(40)31(28)43-30(21)26)36(16-19-6-8-23(33)24(34)13-19)27(39)9-7-18-4-2-3-5-18/h6,8,12-15,18,25,28-29,31,37-38,40H,2-5,7,9-11,16-17H2,1H3,(H,35,41)/t25-,28+,29+,31+/m1/s1. The first-order chi connectivity index (χ1) is 20.7. The van der Waals surface area contributed by atoms with Gasteiger partial charge in [-0.25, -0.2) is 0 Å². The Kier molecular flexibility index (Phi) is 10.2. The molecule has 232 valence electrons. The highest BCUT2D eigenvalue weighted by Gasteiger charge is 2.51. The van der Waals surface area contributed by atoms with Crippen molar-refractivity contribution >= 4 is 35.0 Å². The number of fused-ring (bicyclic) bond motifs is 3. The maximum absolute atomic E-state index is 13.9. The first kappa shape index (κ1) is 31.6. The molecule has 2 aromatic carbocycles. The zero-order chi connectivity index (χ0) is 30.7. The van der Waals surface area contributed by atoms with Gasteiger partial charge >= 0.3 is 0 Å². The zero-order valence-corrected chi connectivity index (χ0v) is 25.6. The minimum Gasteiger partial charge on any atom is -0.493 e. The molecule has 1 heterocycles. The Morgan fingerprint density at radius 2 is 1.86 bits per heavy atom. The van der Waals surface area contributed by atoms with Crippen LogP contribution in [0.3, 0.4) is 0 Å². The van der Waals surface area contributed by atoms with Gasteiger partial charge in [-0.2, -0.15) is 0 Å². The molecule has 4 atom stereocenters. The van der Waals surface area contributed by atoms with Gasteiger partial charge in [0.2, 0.25) is 11.8 Å². The second-order valence-corrected chi connectivity index (χ2v) is 12.3. The van der Waals surface area contributed by atoms with Crippen molar-refractivity contribution in [2.75, 3.05) is 20.3 Å². The first-order valence-corrected chi connectivity index (χ1v) is 15.5. The molecule has 0 radical (unpaired) electrons. The van der Waals surface area contributed by atoms with Crippen molar-refractivity contribution in [1.82, 2.24) is 10.2 Å². The Balaban J connectivity index is 1.55. The maximum Gasteiger partial charge on any atom is 0.247 e. The predicted molar refractivity (Wildman–Crippen MR) is 162 cm³/mol. The smallest absolute Gasteiger partial charge is 0.247 e. The molecule has 0 saturated heterocycles. The van der Waals surface area contributed by atoms with Gasteiger partial charge in [-0.1, -0.05) is 55.0 Å². The number of hydrogen-bond donors (Lipinski definition) is 4. The molecule has 1 fully saturated rings. The lowest BCUT2D eigenvalue weighted by Crippen LogP contribution is -2.55. The molecule has 1 aliphatic heterocycles. The molecule has 3 aliphatic rings. The molecular formula is C32H38Cl2N2O7. The van der Waals surface area contributed by atoms with E-state index in [4.69, 9.17) is 32.7 Å². The summed E-state index contributed by atoms with van der Waals surface area (Å²) in [6, 6.07) is 7.63. The van der Waals surface area contributed by atoms with E-state index in [1.54, 1.807) is 41.3 Å². The second kappa shape index (κ2) is 13.9. The molecule has 2 aromatic rings. The summed E-state index contributed by atoms with van der Waals surface area (Å²) >= 11 is 12.5. The quantitative estimate of drug-likeness (QED) is 0.293. The summed E-state index contributed by atoms with van der Waals surface area (Å²) in [6.45, 7) is -0.346. The third-order valence-corrected chi connectivity index (χ3v) is 9.49. The van der Waals surface area contributed by atoms with Gasteiger partial charge in [-0.3, -0.25) is 9.59 Å². The van der Waals surface area contributed by atoms with E-state index in [1.807, 2.05) is 0 Å². The Morgan fingerprint density at radius 1 is 1.09 bits per heavy atom. The van der Waals surface area contributed by atoms with Gasteiger partial charge in [0.1, 0.15) is 12.2 Å². The fourth-order valence-electron chi connectivity index (χ4n) is 6.58. The molecule has 0 spiro atoms. The van der Waals surface area contributed by atoms with Gasteiger partial charge in [-0.05, 0) is 53.8 Å². The van der Waals surface area contributed by atoms with Crippen LogP contribution in [0.1, 0.15) is 61.1 Å². The fourth-order valence-corrected chi connectivity index (χ4v) is 6.90. The summed E-state index contributed by atoms with van der Waals surface area (Å²) < 4.78 is 11.8. The Hall–Kier alpha value is -2.82. The van der Waals surface area contributed by atoms with Crippen LogP contribution >= 0.6 is 23.2 Å². The van der Waals surface area contributed by atoms with E-state index < -0.39 is 30.1 Å². The maximum atomic E-state index is 13.9. The van der Waals surface area contributed by atoms with Crippen LogP contribution in [-0.4, -0.2) is 70.5 Å². The SMILES string of the molecule is COc1cc(CO)cc2c1O[C@@H]1[C@@H](O)[C@H](N(Cc3ccc(Cl)c(Cl)c3)C(=O)CCC3CCCC3)C=C(C(=O)NCCO)[C@H]21. The normalized spacial score (nSPS) is 22.8. The topological polar surface area (TPSA) is 129 Å². The van der Waals surface area contributed by atoms with Gasteiger partial charge < -0.3 is 35.0 Å². The Morgan fingerprint density at radius 3 is 2.53 bits per heavy atom. The highest BCUT2D eigenvalue weighted by molar-refractivity contribution is 6.42. The number of ether oxygens (including phenoxy) is 2. The number of methoxy groups -OCH3 is 1. The van der Waals surface area contributed by atoms with Crippen LogP contribution in [0.15, 0.2) is 42.0 Å². The lowest BCUT2D eigenvalue weighted by Gasteiger charge is -2.41. The summed E-state index contributed by atoms with van der Waals surface area (Å²) in [5, 5.41) is 34.6. The lowest BCUT2D eigenvalue weighted by molar-refractivity contribution is -0.138. The molecule has 2 aliphatic carbocycles. The highest BCUT2D eigenvalue weighted by atomic mass is 35.5. The number of carbonyl (C=O) groups excluding carboxylic acids is 2. The summed E-state index contributed by atoms with van der Waals surface area (Å²) in [7, 11) is 1.48. The van der Waals surface area contributed by atoms with E-state index in [1.165, 1.54) is 20.0 Å². The van der Waals surface area contributed by atoms with Crippen molar-refractivity contribution in [3.8, 4) is 11.5 Å². The first-order valence-electron chi connectivity index (χ1n) is 14.8. The highest BCUT2D eigenvalue weighted by Crippen LogP contribution is 2.51. The summed E-state index contributed by atoms with van der Waals surface area (Å²) in [5.41, 5.74) is 2.18. The van der Waals surface area contributed by atoms with Crippen LogP contribution < -0.4 is 14.8 Å². The minimum absolute atomic E-state index is 0.0296. The molecule has 4 N–H and O–H groups in total. The molecule has 43 heavy (non-hydrogen) atoms. The van der Waals surface area contributed by atoms with Gasteiger partial charge in [0.05, 0.1) is 42.3 Å². The molecule has 11 heteroatoms. The lowest BCUT2D eigenvalue weighted by atomic mass is 9.77. The van der Waals surface area contributed by atoms with Crippen molar-refractivity contribution in [2.45, 2.75) is 75.8 Å². The van der Waals surface area contributed by atoms with Gasteiger partial charge in [0, 0.05) is 30.6 Å². The number of benzene rings is 2. The molecule has 0 bridgehead atoms. The second-order valence-electron chi connectivity index (χ2n) is 11.5. The molecule has 0 unspecified atom stereocenters. The number of nitrogens with zero attached hydrogens (tertiary/aromatic N) is 1. The van der Waals surface area contributed by atoms with Gasteiger partial charge in [0.15, 0.2) is 11.5 Å². The van der Waals surface area contributed by atoms with E-state index in [0.717, 1.165) is 24.8 Å². The monoisotopic (exact) mass is 632 g/mol. The van der Waals surface area contributed by atoms with E-state index in [9.17, 15) is 24.9 Å². The average molecular weight is 634 g/mol. The number of aliphatic hydroxyl groups excluding tert-OH is 3. The number of halogens is 2. The Bertz CT molecular complexity index is 1380. The van der Waals surface area contributed by atoms with Crippen LogP contribution in [-0.2, 0) is 22.7 Å². The average Bonchev–Trinajstić information content (AvgIpc) is 3.68. The third kappa shape index (κ3) is 6.66. The van der Waals surface area contributed by atoms with Crippen LogP contribution in [0.2, 0.25) is 10.0 Å². The van der Waals surface area contributed by atoms with E-state index >= 15 is 0 Å². The molecular weight excluding hydrogens is 595 g/mol. The number of nitrogens with one attached hydrogen (secondary N) is 1. The van der Waals surface area contributed by atoms with Crippen molar-refractivity contribution < 1.29 is 34.4 Å². The van der Waals surface area contributed by atoms with Crippen LogP contribution in [0.5, 0.6) is 11.5 Å². The van der Waals surface area contributed by atoms with E-state index in [2.05, 4.69) is 5.32 Å². The zero-order valence-electron chi connectivity index (χ0n) is 24.1. The van der Waals surface area contributed by atoms with Crippen LogP contribution in [0.25, 0.3) is 0 Å². The predicted octanol–water partition coefficient (Wildman–Crippen LogP) is 4.12. The summed E-state index contributed by atoms with van der Waals surface area (Å²) in [6.07, 6.45) is 5.13. The van der Waals surface area contributed by atoms with Gasteiger partial charge in [-0.15, -0.1) is 0 Å². The minimum atomic E-state index is -1.20. The van der Waals surface area contributed by atoms with Crippen molar-refractivity contribution in [3.63, 3.8) is 0 Å². The van der Waals surface area contributed by atoms with Gasteiger partial charge in [0.25, 0.3) is 0 Å². The summed E-state index contributed by atoms with van der Waals surface area (Å²) in [4.78, 5) is 29.1. The van der Waals surface area contributed by atoms with Crippen molar-refractivity contribution in [3.05, 3.63) is 68.7 Å². The fraction of sp³-hybridized carbons (Fsp3) is 0.500. The van der Waals surface area contributed by atoms with Crippen LogP contribution in [0.4, 0.5) is 0 Å². The number of hydrogen-bond acceptors (Lipinski definition) is 7. The Labute approximate surface area is 261 Å².